The van der Waals surface area contributed by atoms with Crippen LogP contribution in [0.1, 0.15) is 42.5 Å². The number of rotatable bonds is 4. The molecule has 0 saturated heterocycles. The number of carbonyl (C=O) groups excluding carboxylic acids is 2. The van der Waals surface area contributed by atoms with Crippen LogP contribution in [-0.4, -0.2) is 18.9 Å². The van der Waals surface area contributed by atoms with Crippen molar-refractivity contribution in [2.24, 2.45) is 0 Å². The molecule has 0 fully saturated rings. The number of carbonyl (C=O) groups is 2. The van der Waals surface area contributed by atoms with Crippen molar-refractivity contribution in [3.05, 3.63) is 58.1 Å². The lowest BCUT2D eigenvalue weighted by Gasteiger charge is -2.20. The third-order valence-electron chi connectivity index (χ3n) is 4.84. The summed E-state index contributed by atoms with van der Waals surface area (Å²) in [6, 6.07) is 10.8. The Morgan fingerprint density at radius 2 is 1.78 bits per heavy atom. The van der Waals surface area contributed by atoms with Gasteiger partial charge in [-0.3, -0.25) is 9.59 Å². The summed E-state index contributed by atoms with van der Waals surface area (Å²) in [7, 11) is 1.51. The zero-order valence-electron chi connectivity index (χ0n) is 15.5. The van der Waals surface area contributed by atoms with Gasteiger partial charge in [-0.15, -0.1) is 0 Å². The number of benzene rings is 2. The van der Waals surface area contributed by atoms with E-state index in [9.17, 15) is 9.59 Å². The molecule has 142 valence electrons. The van der Waals surface area contributed by atoms with Crippen molar-refractivity contribution in [3.63, 3.8) is 0 Å². The Morgan fingerprint density at radius 1 is 1.04 bits per heavy atom. The maximum atomic E-state index is 12.2. The maximum Gasteiger partial charge on any atom is 0.313 e. The molecule has 0 spiro atoms. The Labute approximate surface area is 164 Å². The number of nitrogens with one attached hydrogen (secondary N) is 2. The Morgan fingerprint density at radius 3 is 2.48 bits per heavy atom. The van der Waals surface area contributed by atoms with Crippen LogP contribution in [0.15, 0.2) is 36.4 Å². The molecule has 0 aliphatic heterocycles. The summed E-state index contributed by atoms with van der Waals surface area (Å²) in [5.41, 5.74) is 4.17. The predicted octanol–water partition coefficient (Wildman–Crippen LogP) is 4.04. The van der Waals surface area contributed by atoms with Crippen molar-refractivity contribution in [1.82, 2.24) is 5.32 Å². The smallest absolute Gasteiger partial charge is 0.313 e. The Hall–Kier alpha value is -2.53. The number of hydrogen-bond donors (Lipinski definition) is 2. The van der Waals surface area contributed by atoms with Gasteiger partial charge in [-0.25, -0.2) is 0 Å². The number of fused-ring (bicyclic) bond motifs is 1. The highest BCUT2D eigenvalue weighted by Crippen LogP contribution is 2.27. The second kappa shape index (κ2) is 8.44. The van der Waals surface area contributed by atoms with Gasteiger partial charge in [-0.05, 0) is 67.5 Å². The van der Waals surface area contributed by atoms with Gasteiger partial charge < -0.3 is 15.4 Å². The van der Waals surface area contributed by atoms with E-state index in [-0.39, 0.29) is 6.04 Å². The van der Waals surface area contributed by atoms with Crippen LogP contribution >= 0.6 is 11.6 Å². The predicted molar refractivity (Wildman–Crippen MR) is 106 cm³/mol. The van der Waals surface area contributed by atoms with Crippen LogP contribution in [0.3, 0.4) is 0 Å². The van der Waals surface area contributed by atoms with Gasteiger partial charge in [0.2, 0.25) is 0 Å². The van der Waals surface area contributed by atoms with Crippen molar-refractivity contribution in [3.8, 4) is 5.75 Å². The quantitative estimate of drug-likeness (QED) is 0.779. The number of aryl methyl sites for hydroxylation is 2. The minimum absolute atomic E-state index is 0.255. The molecule has 5 nitrogen and oxygen atoms in total. The molecule has 1 aliphatic carbocycles. The minimum Gasteiger partial charge on any atom is -0.495 e. The summed E-state index contributed by atoms with van der Waals surface area (Å²) in [5.74, 6) is -0.923. The van der Waals surface area contributed by atoms with E-state index in [2.05, 4.69) is 22.8 Å². The molecule has 27 heavy (non-hydrogen) atoms. The lowest BCUT2D eigenvalue weighted by molar-refractivity contribution is -0.136. The van der Waals surface area contributed by atoms with Crippen LogP contribution < -0.4 is 15.4 Å². The van der Waals surface area contributed by atoms with Gasteiger partial charge in [0, 0.05) is 5.69 Å². The normalized spacial score (nSPS) is 14.0. The van der Waals surface area contributed by atoms with E-state index >= 15 is 0 Å². The first-order valence-corrected chi connectivity index (χ1v) is 9.43. The van der Waals surface area contributed by atoms with Crippen LogP contribution in [-0.2, 0) is 22.4 Å². The van der Waals surface area contributed by atoms with Gasteiger partial charge in [0.1, 0.15) is 5.75 Å². The fourth-order valence-corrected chi connectivity index (χ4v) is 3.56. The van der Waals surface area contributed by atoms with Gasteiger partial charge in [-0.2, -0.15) is 0 Å². The molecule has 6 heteroatoms. The molecule has 2 N–H and O–H groups in total. The maximum absolute atomic E-state index is 12.2. The average Bonchev–Trinajstić information content (AvgIpc) is 2.67. The molecule has 2 amide bonds. The van der Waals surface area contributed by atoms with Gasteiger partial charge in [0.25, 0.3) is 0 Å². The van der Waals surface area contributed by atoms with E-state index in [4.69, 9.17) is 16.3 Å². The summed E-state index contributed by atoms with van der Waals surface area (Å²) in [4.78, 5) is 24.4. The van der Waals surface area contributed by atoms with Crippen LogP contribution in [0.25, 0.3) is 0 Å². The summed E-state index contributed by atoms with van der Waals surface area (Å²) in [6.45, 7) is 1.87. The number of anilines is 1. The zero-order valence-corrected chi connectivity index (χ0v) is 16.2. The number of amides is 2. The first-order valence-electron chi connectivity index (χ1n) is 9.05. The fraction of sp³-hybridized carbons (Fsp3) is 0.333. The van der Waals surface area contributed by atoms with Crippen molar-refractivity contribution >= 4 is 29.1 Å². The van der Waals surface area contributed by atoms with Crippen molar-refractivity contribution in [2.75, 3.05) is 12.4 Å². The van der Waals surface area contributed by atoms with Crippen molar-refractivity contribution < 1.29 is 14.3 Å². The lowest BCUT2D eigenvalue weighted by atomic mass is 9.89. The molecule has 1 unspecified atom stereocenters. The van der Waals surface area contributed by atoms with Crippen LogP contribution in [0, 0.1) is 0 Å². The number of methoxy groups -OCH3 is 1. The van der Waals surface area contributed by atoms with Crippen LogP contribution in [0.4, 0.5) is 5.69 Å². The lowest BCUT2D eigenvalue weighted by Crippen LogP contribution is -2.37. The zero-order chi connectivity index (χ0) is 19.4. The van der Waals surface area contributed by atoms with E-state index in [1.807, 2.05) is 13.0 Å². The van der Waals surface area contributed by atoms with Crippen LogP contribution in [0.2, 0.25) is 5.02 Å². The van der Waals surface area contributed by atoms with Gasteiger partial charge in [-0.1, -0.05) is 29.8 Å². The Kier molecular flexibility index (Phi) is 6.01. The first-order chi connectivity index (χ1) is 13.0. The number of hydrogen-bond acceptors (Lipinski definition) is 3. The van der Waals surface area contributed by atoms with Crippen LogP contribution in [0.5, 0.6) is 5.75 Å². The SMILES string of the molecule is COc1ccc(NC(=O)C(=O)NC(C)c2ccc3c(c2)CCCC3)cc1Cl. The molecular formula is C21H23ClN2O3. The third-order valence-corrected chi connectivity index (χ3v) is 5.13. The van der Waals surface area contributed by atoms with E-state index in [1.165, 1.54) is 31.1 Å². The van der Waals surface area contributed by atoms with Gasteiger partial charge in [0.15, 0.2) is 0 Å². The largest absolute Gasteiger partial charge is 0.495 e. The second-order valence-electron chi connectivity index (χ2n) is 6.73. The van der Waals surface area contributed by atoms with E-state index in [0.29, 0.717) is 16.5 Å². The average molecular weight is 387 g/mol. The molecule has 1 aliphatic rings. The topological polar surface area (TPSA) is 67.4 Å². The summed E-state index contributed by atoms with van der Waals surface area (Å²) in [5, 5.41) is 5.66. The highest BCUT2D eigenvalue weighted by molar-refractivity contribution is 6.40. The molecule has 2 aromatic rings. The van der Waals surface area contributed by atoms with Crippen molar-refractivity contribution in [2.45, 2.75) is 38.6 Å². The molecule has 0 aromatic heterocycles. The monoisotopic (exact) mass is 386 g/mol. The molecule has 0 heterocycles. The van der Waals surface area contributed by atoms with Crippen molar-refractivity contribution in [1.29, 1.82) is 0 Å². The molecule has 0 bridgehead atoms. The van der Waals surface area contributed by atoms with E-state index in [0.717, 1.165) is 18.4 Å². The third kappa shape index (κ3) is 4.61. The van der Waals surface area contributed by atoms with Gasteiger partial charge >= 0.3 is 11.8 Å². The number of ether oxygens (including phenoxy) is 1. The number of halogens is 1. The minimum atomic E-state index is -0.735. The molecule has 3 rings (SSSR count). The fourth-order valence-electron chi connectivity index (χ4n) is 3.30. The molecule has 2 aromatic carbocycles. The Balaban J connectivity index is 1.62. The summed E-state index contributed by atoms with van der Waals surface area (Å²) >= 11 is 6.04. The first kappa shape index (κ1) is 19.2. The highest BCUT2D eigenvalue weighted by atomic mass is 35.5. The molecule has 0 radical (unpaired) electrons. The standard InChI is InChI=1S/C21H23ClN2O3/c1-13(15-8-7-14-5-3-4-6-16(14)11-15)23-20(25)21(26)24-17-9-10-19(27-2)18(22)12-17/h7-13H,3-6H2,1-2H3,(H,23,25)(H,24,26). The molecule has 1 atom stereocenters. The molecular weight excluding hydrogens is 364 g/mol. The highest BCUT2D eigenvalue weighted by Gasteiger charge is 2.19. The van der Waals surface area contributed by atoms with E-state index in [1.54, 1.807) is 18.2 Å². The van der Waals surface area contributed by atoms with Gasteiger partial charge in [0.05, 0.1) is 18.2 Å². The summed E-state index contributed by atoms with van der Waals surface area (Å²) < 4.78 is 5.07. The summed E-state index contributed by atoms with van der Waals surface area (Å²) in [6.07, 6.45) is 4.62. The second-order valence-corrected chi connectivity index (χ2v) is 7.14. The Bertz CT molecular complexity index is 867. The van der Waals surface area contributed by atoms with E-state index < -0.39 is 11.8 Å². The molecule has 0 saturated carbocycles.